The fraction of sp³-hybridized carbons (Fsp3) is 0.217. The quantitative estimate of drug-likeness (QED) is 0.479. The van der Waals surface area contributed by atoms with Crippen molar-refractivity contribution in [3.05, 3.63) is 77.1 Å². The lowest BCUT2D eigenvalue weighted by Crippen LogP contribution is -2.09. The first-order chi connectivity index (χ1) is 13.7. The third kappa shape index (κ3) is 3.19. The van der Waals surface area contributed by atoms with Gasteiger partial charge in [-0.1, -0.05) is 42.5 Å². The Morgan fingerprint density at radius 3 is 2.57 bits per heavy atom. The van der Waals surface area contributed by atoms with Gasteiger partial charge in [-0.3, -0.25) is 9.78 Å². The number of fused-ring (bicyclic) bond motifs is 3. The molecule has 0 spiro atoms. The number of aromatic amines is 1. The van der Waals surface area contributed by atoms with Crippen LogP contribution in [0.5, 0.6) is 0 Å². The average Bonchev–Trinajstić information content (AvgIpc) is 3.12. The molecular weight excluding hydrogens is 352 g/mol. The highest BCUT2D eigenvalue weighted by atomic mass is 16.5. The van der Waals surface area contributed by atoms with Gasteiger partial charge in [-0.2, -0.15) is 0 Å². The van der Waals surface area contributed by atoms with Gasteiger partial charge in [-0.05, 0) is 18.6 Å². The maximum atomic E-state index is 13.1. The smallest absolute Gasteiger partial charge is 0.211 e. The molecule has 0 aliphatic rings. The minimum Gasteiger partial charge on any atom is -0.380 e. The van der Waals surface area contributed by atoms with E-state index < -0.39 is 0 Å². The number of nitrogens with one attached hydrogen (secondary N) is 1. The fourth-order valence-corrected chi connectivity index (χ4v) is 3.62. The van der Waals surface area contributed by atoms with Crippen molar-refractivity contribution in [2.24, 2.45) is 0 Å². The summed E-state index contributed by atoms with van der Waals surface area (Å²) in [5.41, 5.74) is 4.79. The highest BCUT2D eigenvalue weighted by Crippen LogP contribution is 2.33. The van der Waals surface area contributed by atoms with E-state index in [1.54, 1.807) is 25.4 Å². The zero-order chi connectivity index (χ0) is 19.5. The summed E-state index contributed by atoms with van der Waals surface area (Å²) in [4.78, 5) is 21.1. The van der Waals surface area contributed by atoms with Gasteiger partial charge in [0.05, 0.1) is 24.9 Å². The van der Waals surface area contributed by atoms with Crippen molar-refractivity contribution in [2.45, 2.75) is 20.1 Å². The molecule has 0 bridgehead atoms. The predicted molar refractivity (Wildman–Crippen MR) is 110 cm³/mol. The van der Waals surface area contributed by atoms with Crippen LogP contribution in [0.2, 0.25) is 0 Å². The number of methoxy groups -OCH3 is 1. The number of ketones is 1. The first-order valence-corrected chi connectivity index (χ1v) is 9.32. The van der Waals surface area contributed by atoms with Crippen molar-refractivity contribution < 1.29 is 14.3 Å². The van der Waals surface area contributed by atoms with Crippen LogP contribution >= 0.6 is 0 Å². The SMILES string of the molecule is CCOCc1cccc2[nH]c3cnc(C(=O)c4ccccc4)c(COC)c3c12. The van der Waals surface area contributed by atoms with Crippen molar-refractivity contribution in [1.82, 2.24) is 9.97 Å². The van der Waals surface area contributed by atoms with E-state index in [0.29, 0.717) is 31.1 Å². The number of hydrogen-bond donors (Lipinski definition) is 1. The number of aromatic nitrogens is 2. The van der Waals surface area contributed by atoms with Gasteiger partial charge in [0.1, 0.15) is 5.69 Å². The van der Waals surface area contributed by atoms with Crippen LogP contribution in [0, 0.1) is 0 Å². The molecule has 5 nitrogen and oxygen atoms in total. The van der Waals surface area contributed by atoms with Crippen molar-refractivity contribution in [3.63, 3.8) is 0 Å². The van der Waals surface area contributed by atoms with Gasteiger partial charge < -0.3 is 14.5 Å². The minimum atomic E-state index is -0.105. The molecule has 0 radical (unpaired) electrons. The molecule has 5 heteroatoms. The minimum absolute atomic E-state index is 0.105. The molecule has 0 aliphatic heterocycles. The van der Waals surface area contributed by atoms with E-state index in [4.69, 9.17) is 9.47 Å². The topological polar surface area (TPSA) is 64.2 Å². The number of hydrogen-bond acceptors (Lipinski definition) is 4. The summed E-state index contributed by atoms with van der Waals surface area (Å²) in [5.74, 6) is -0.105. The van der Waals surface area contributed by atoms with Crippen LogP contribution in [0.3, 0.4) is 0 Å². The Balaban J connectivity index is 1.98. The molecule has 2 aromatic carbocycles. The molecule has 4 rings (SSSR count). The molecule has 142 valence electrons. The van der Waals surface area contributed by atoms with E-state index >= 15 is 0 Å². The van der Waals surface area contributed by atoms with Crippen LogP contribution in [-0.2, 0) is 22.7 Å². The Hall–Kier alpha value is -3.02. The molecule has 2 heterocycles. The van der Waals surface area contributed by atoms with Gasteiger partial charge in [0.15, 0.2) is 0 Å². The Labute approximate surface area is 163 Å². The van der Waals surface area contributed by atoms with E-state index in [2.05, 4.69) is 16.0 Å². The molecule has 0 amide bonds. The number of rotatable bonds is 7. The monoisotopic (exact) mass is 374 g/mol. The highest BCUT2D eigenvalue weighted by Gasteiger charge is 2.21. The van der Waals surface area contributed by atoms with Gasteiger partial charge in [0.25, 0.3) is 0 Å². The van der Waals surface area contributed by atoms with Gasteiger partial charge in [0.2, 0.25) is 5.78 Å². The summed E-state index contributed by atoms with van der Waals surface area (Å²) in [6.07, 6.45) is 1.73. The summed E-state index contributed by atoms with van der Waals surface area (Å²) in [5, 5.41) is 2.03. The largest absolute Gasteiger partial charge is 0.380 e. The molecule has 0 saturated carbocycles. The highest BCUT2D eigenvalue weighted by molar-refractivity contribution is 6.16. The fourth-order valence-electron chi connectivity index (χ4n) is 3.62. The van der Waals surface area contributed by atoms with Crippen LogP contribution in [0.25, 0.3) is 21.8 Å². The van der Waals surface area contributed by atoms with Crippen LogP contribution in [0.1, 0.15) is 34.1 Å². The zero-order valence-corrected chi connectivity index (χ0v) is 16.0. The average molecular weight is 374 g/mol. The Morgan fingerprint density at radius 1 is 1.00 bits per heavy atom. The van der Waals surface area contributed by atoms with Gasteiger partial charge >= 0.3 is 0 Å². The second-order valence-electron chi connectivity index (χ2n) is 6.60. The van der Waals surface area contributed by atoms with E-state index in [-0.39, 0.29) is 5.78 Å². The molecule has 1 N–H and O–H groups in total. The normalized spacial score (nSPS) is 11.4. The number of nitrogens with zero attached hydrogens (tertiary/aromatic N) is 1. The molecule has 4 aromatic rings. The Morgan fingerprint density at radius 2 is 1.82 bits per heavy atom. The van der Waals surface area contributed by atoms with Crippen molar-refractivity contribution in [3.8, 4) is 0 Å². The molecule has 0 saturated heterocycles. The van der Waals surface area contributed by atoms with Crippen LogP contribution < -0.4 is 0 Å². The molecule has 0 fully saturated rings. The van der Waals surface area contributed by atoms with E-state index in [1.165, 1.54) is 0 Å². The summed E-state index contributed by atoms with van der Waals surface area (Å²) < 4.78 is 11.1. The number of benzene rings is 2. The third-order valence-electron chi connectivity index (χ3n) is 4.85. The summed E-state index contributed by atoms with van der Waals surface area (Å²) >= 11 is 0. The molecule has 2 aromatic heterocycles. The van der Waals surface area contributed by atoms with Gasteiger partial charge in [-0.15, -0.1) is 0 Å². The van der Waals surface area contributed by atoms with Crippen molar-refractivity contribution in [1.29, 1.82) is 0 Å². The van der Waals surface area contributed by atoms with E-state index in [0.717, 1.165) is 32.9 Å². The molecule has 0 atom stereocenters. The summed E-state index contributed by atoms with van der Waals surface area (Å²) in [6, 6.07) is 15.3. The van der Waals surface area contributed by atoms with Crippen LogP contribution in [0.4, 0.5) is 0 Å². The number of pyridine rings is 1. The first kappa shape index (κ1) is 18.3. The molecule has 0 aliphatic carbocycles. The van der Waals surface area contributed by atoms with E-state index in [9.17, 15) is 4.79 Å². The van der Waals surface area contributed by atoms with Crippen molar-refractivity contribution in [2.75, 3.05) is 13.7 Å². The summed E-state index contributed by atoms with van der Waals surface area (Å²) in [7, 11) is 1.63. The van der Waals surface area contributed by atoms with E-state index in [1.807, 2.05) is 37.3 Å². The first-order valence-electron chi connectivity index (χ1n) is 9.32. The summed E-state index contributed by atoms with van der Waals surface area (Å²) in [6.45, 7) is 3.43. The molecular formula is C23H22N2O3. The lowest BCUT2D eigenvalue weighted by Gasteiger charge is -2.11. The van der Waals surface area contributed by atoms with Crippen molar-refractivity contribution >= 4 is 27.6 Å². The number of ether oxygens (including phenoxy) is 2. The van der Waals surface area contributed by atoms with Crippen LogP contribution in [0.15, 0.2) is 54.7 Å². The Kier molecular flexibility index (Phi) is 5.19. The second kappa shape index (κ2) is 7.92. The maximum Gasteiger partial charge on any atom is 0.211 e. The lowest BCUT2D eigenvalue weighted by molar-refractivity contribution is 0.102. The number of H-pyrrole nitrogens is 1. The Bertz CT molecular complexity index is 1130. The van der Waals surface area contributed by atoms with Crippen LogP contribution in [-0.4, -0.2) is 29.5 Å². The zero-order valence-electron chi connectivity index (χ0n) is 16.0. The second-order valence-corrected chi connectivity index (χ2v) is 6.60. The molecule has 28 heavy (non-hydrogen) atoms. The maximum absolute atomic E-state index is 13.1. The predicted octanol–water partition coefficient (Wildman–Crippen LogP) is 4.63. The lowest BCUT2D eigenvalue weighted by atomic mass is 9.98. The standard InChI is InChI=1S/C23H22N2O3/c1-3-28-13-16-10-7-11-18-20(16)21-17(14-27-2)22(24-12-19(21)25-18)23(26)15-8-5-4-6-9-15/h4-12,25H,3,13-14H2,1-2H3. The van der Waals surface area contributed by atoms with Gasteiger partial charge in [-0.25, -0.2) is 0 Å². The third-order valence-corrected chi connectivity index (χ3v) is 4.85. The number of carbonyl (C=O) groups excluding carboxylic acids is 1. The van der Waals surface area contributed by atoms with Gasteiger partial charge in [0, 0.05) is 41.1 Å². The number of carbonyl (C=O) groups is 1. The molecule has 0 unspecified atom stereocenters.